The minimum Gasteiger partial charge on any atom is -0.454 e. The Kier molecular flexibility index (Phi) is 4.70. The molecule has 1 amide bonds. The molecule has 0 bridgehead atoms. The molecule has 0 aliphatic carbocycles. The summed E-state index contributed by atoms with van der Waals surface area (Å²) < 4.78 is 48.2. The zero-order valence-corrected chi connectivity index (χ0v) is 17.3. The van der Waals surface area contributed by atoms with Crippen molar-refractivity contribution in [2.24, 2.45) is 4.99 Å². The van der Waals surface area contributed by atoms with Gasteiger partial charge in [-0.1, -0.05) is 23.9 Å². The molecule has 2 aromatic carbocycles. The third-order valence-electron chi connectivity index (χ3n) is 5.19. The second kappa shape index (κ2) is 7.28. The van der Waals surface area contributed by atoms with Crippen molar-refractivity contribution in [1.29, 1.82) is 0 Å². The minimum atomic E-state index is -3.16. The Bertz CT molecular complexity index is 1150. The Morgan fingerprint density at radius 1 is 1.13 bits per heavy atom. The van der Waals surface area contributed by atoms with E-state index in [-0.39, 0.29) is 47.7 Å². The number of rotatable bonds is 3. The summed E-state index contributed by atoms with van der Waals surface area (Å²) >= 11 is 1.30. The average Bonchev–Trinajstić information content (AvgIpc) is 3.34. The number of sulfone groups is 1. The molecule has 2 aromatic rings. The van der Waals surface area contributed by atoms with E-state index in [0.29, 0.717) is 27.9 Å². The molecule has 7 nitrogen and oxygen atoms in total. The molecule has 2 saturated heterocycles. The number of anilines is 1. The molecule has 0 N–H and O–H groups in total. The summed E-state index contributed by atoms with van der Waals surface area (Å²) in [5, 5.41) is 0.267. The van der Waals surface area contributed by atoms with Crippen LogP contribution >= 0.6 is 11.8 Å². The fourth-order valence-electron chi connectivity index (χ4n) is 3.82. The molecule has 10 heteroatoms. The first-order valence-electron chi connectivity index (χ1n) is 9.30. The van der Waals surface area contributed by atoms with E-state index in [1.165, 1.54) is 23.9 Å². The van der Waals surface area contributed by atoms with Crippen molar-refractivity contribution >= 4 is 38.4 Å². The standard InChI is InChI=1S/C20H17FN2O5S2/c21-13-3-1-12(2-4-13)7-19(24)22-20-23(15-9-30(25,26)10-18(15)29-20)14-5-6-16-17(8-14)28-11-27-16/h1-6,8,15,18H,7,9-11H2/t15-,18+/m1/s1. The quantitative estimate of drug-likeness (QED) is 0.713. The van der Waals surface area contributed by atoms with Crippen molar-refractivity contribution in [2.75, 3.05) is 23.2 Å². The summed E-state index contributed by atoms with van der Waals surface area (Å²) in [6, 6.07) is 10.7. The van der Waals surface area contributed by atoms with Gasteiger partial charge >= 0.3 is 0 Å². The van der Waals surface area contributed by atoms with Gasteiger partial charge in [-0.25, -0.2) is 12.8 Å². The van der Waals surface area contributed by atoms with Crippen LogP contribution in [0.2, 0.25) is 0 Å². The lowest BCUT2D eigenvalue weighted by Gasteiger charge is -2.24. The first-order chi connectivity index (χ1) is 14.4. The molecule has 5 rings (SSSR count). The Hall–Kier alpha value is -2.59. The number of fused-ring (bicyclic) bond motifs is 2. The SMILES string of the molecule is O=C(Cc1ccc(F)cc1)N=C1S[C@H]2CS(=O)(=O)C[C@H]2N1c1ccc2c(c1)OCO2. The summed E-state index contributed by atoms with van der Waals surface area (Å²) in [6.45, 7) is 0.130. The Labute approximate surface area is 176 Å². The lowest BCUT2D eigenvalue weighted by atomic mass is 10.1. The molecular formula is C20H17FN2O5S2. The van der Waals surface area contributed by atoms with Gasteiger partial charge in [-0.05, 0) is 29.8 Å². The second-order valence-electron chi connectivity index (χ2n) is 7.30. The number of carbonyl (C=O) groups excluding carboxylic acids is 1. The highest BCUT2D eigenvalue weighted by molar-refractivity contribution is 8.16. The first kappa shape index (κ1) is 19.4. The fraction of sp³-hybridized carbons (Fsp3) is 0.300. The van der Waals surface area contributed by atoms with Gasteiger partial charge in [-0.15, -0.1) is 0 Å². The van der Waals surface area contributed by atoms with Crippen LogP contribution in [-0.4, -0.2) is 49.1 Å². The molecule has 156 valence electrons. The third-order valence-corrected chi connectivity index (χ3v) is 8.40. The average molecular weight is 448 g/mol. The van der Waals surface area contributed by atoms with Crippen molar-refractivity contribution in [3.63, 3.8) is 0 Å². The van der Waals surface area contributed by atoms with E-state index in [2.05, 4.69) is 4.99 Å². The van der Waals surface area contributed by atoms with Crippen molar-refractivity contribution < 1.29 is 27.1 Å². The Morgan fingerprint density at radius 2 is 1.90 bits per heavy atom. The number of amides is 1. The number of amidine groups is 1. The van der Waals surface area contributed by atoms with E-state index in [4.69, 9.17) is 9.47 Å². The van der Waals surface area contributed by atoms with Crippen LogP contribution in [0.25, 0.3) is 0 Å². The van der Waals surface area contributed by atoms with Crippen LogP contribution in [0.5, 0.6) is 11.5 Å². The molecule has 3 heterocycles. The number of hydrogen-bond donors (Lipinski definition) is 0. The van der Waals surface area contributed by atoms with Crippen LogP contribution < -0.4 is 14.4 Å². The van der Waals surface area contributed by atoms with Gasteiger partial charge in [0.05, 0.1) is 24.0 Å². The second-order valence-corrected chi connectivity index (χ2v) is 10.7. The van der Waals surface area contributed by atoms with E-state index >= 15 is 0 Å². The molecule has 0 saturated carbocycles. The number of halogens is 1. The number of nitrogens with zero attached hydrogens (tertiary/aromatic N) is 2. The van der Waals surface area contributed by atoms with Gasteiger partial charge in [0, 0.05) is 17.0 Å². The number of hydrogen-bond acceptors (Lipinski definition) is 6. The van der Waals surface area contributed by atoms with E-state index in [0.717, 1.165) is 0 Å². The molecular weight excluding hydrogens is 431 g/mol. The molecule has 0 aromatic heterocycles. The van der Waals surface area contributed by atoms with Crippen LogP contribution in [0.4, 0.5) is 10.1 Å². The number of carbonyl (C=O) groups is 1. The van der Waals surface area contributed by atoms with E-state index in [9.17, 15) is 17.6 Å². The third kappa shape index (κ3) is 3.65. The van der Waals surface area contributed by atoms with E-state index in [1.54, 1.807) is 30.3 Å². The van der Waals surface area contributed by atoms with Gasteiger partial charge in [0.1, 0.15) is 5.82 Å². The summed E-state index contributed by atoms with van der Waals surface area (Å²) in [6.07, 6.45) is 0.0347. The normalized spacial score (nSPS) is 25.0. The first-order valence-corrected chi connectivity index (χ1v) is 12.0. The molecule has 2 atom stereocenters. The maximum absolute atomic E-state index is 13.1. The zero-order chi connectivity index (χ0) is 20.9. The molecule has 3 aliphatic rings. The van der Waals surface area contributed by atoms with Crippen molar-refractivity contribution in [3.05, 3.63) is 53.8 Å². The van der Waals surface area contributed by atoms with Crippen molar-refractivity contribution in [2.45, 2.75) is 17.7 Å². The van der Waals surface area contributed by atoms with Crippen LogP contribution in [0.15, 0.2) is 47.5 Å². The maximum Gasteiger partial charge on any atom is 0.252 e. The topological polar surface area (TPSA) is 85.3 Å². The highest BCUT2D eigenvalue weighted by atomic mass is 32.2. The summed E-state index contributed by atoms with van der Waals surface area (Å²) in [5.74, 6) is 0.495. The smallest absolute Gasteiger partial charge is 0.252 e. The van der Waals surface area contributed by atoms with Crippen LogP contribution in [0.3, 0.4) is 0 Å². The van der Waals surface area contributed by atoms with E-state index in [1.807, 2.05) is 4.90 Å². The number of benzene rings is 2. The minimum absolute atomic E-state index is 0.00425. The summed E-state index contributed by atoms with van der Waals surface area (Å²) in [4.78, 5) is 18.7. The van der Waals surface area contributed by atoms with Gasteiger partial charge < -0.3 is 14.4 Å². The largest absolute Gasteiger partial charge is 0.454 e. The molecule has 0 unspecified atom stereocenters. The lowest BCUT2D eigenvalue weighted by Crippen LogP contribution is -2.37. The fourth-order valence-corrected chi connectivity index (χ4v) is 7.76. The van der Waals surface area contributed by atoms with Crippen LogP contribution in [-0.2, 0) is 21.1 Å². The lowest BCUT2D eigenvalue weighted by molar-refractivity contribution is -0.117. The number of ether oxygens (including phenoxy) is 2. The molecule has 0 radical (unpaired) electrons. The van der Waals surface area contributed by atoms with Crippen molar-refractivity contribution in [3.8, 4) is 11.5 Å². The number of aliphatic imine (C=N–C) groups is 1. The maximum atomic E-state index is 13.1. The molecule has 0 spiro atoms. The summed E-state index contributed by atoms with van der Waals surface area (Å²) in [7, 11) is -3.16. The summed E-state index contributed by atoms with van der Waals surface area (Å²) in [5.41, 5.74) is 1.36. The highest BCUT2D eigenvalue weighted by Gasteiger charge is 2.49. The van der Waals surface area contributed by atoms with Crippen molar-refractivity contribution in [1.82, 2.24) is 0 Å². The Balaban J connectivity index is 1.46. The van der Waals surface area contributed by atoms with Crippen LogP contribution in [0.1, 0.15) is 5.56 Å². The predicted molar refractivity (Wildman–Crippen MR) is 111 cm³/mol. The van der Waals surface area contributed by atoms with Gasteiger partial charge in [0.2, 0.25) is 6.79 Å². The van der Waals surface area contributed by atoms with Gasteiger partial charge in [-0.3, -0.25) is 4.79 Å². The van der Waals surface area contributed by atoms with Gasteiger partial charge in [0.25, 0.3) is 5.91 Å². The highest BCUT2D eigenvalue weighted by Crippen LogP contribution is 2.43. The molecule has 2 fully saturated rings. The van der Waals surface area contributed by atoms with E-state index < -0.39 is 9.84 Å². The monoisotopic (exact) mass is 448 g/mol. The molecule has 3 aliphatic heterocycles. The predicted octanol–water partition coefficient (Wildman–Crippen LogP) is 2.40. The number of thioether (sulfide) groups is 1. The molecule has 30 heavy (non-hydrogen) atoms. The van der Waals surface area contributed by atoms with Crippen LogP contribution in [0, 0.1) is 5.82 Å². The van der Waals surface area contributed by atoms with Gasteiger partial charge in [-0.2, -0.15) is 4.99 Å². The van der Waals surface area contributed by atoms with Gasteiger partial charge in [0.15, 0.2) is 26.5 Å². The Morgan fingerprint density at radius 3 is 2.70 bits per heavy atom. The zero-order valence-electron chi connectivity index (χ0n) is 15.7.